The van der Waals surface area contributed by atoms with Crippen LogP contribution in [0.2, 0.25) is 0 Å². The fourth-order valence-corrected chi connectivity index (χ4v) is 1.86. The van der Waals surface area contributed by atoms with E-state index in [-0.39, 0.29) is 0 Å². The van der Waals surface area contributed by atoms with Gasteiger partial charge in [0.2, 0.25) is 0 Å². The van der Waals surface area contributed by atoms with Crippen LogP contribution in [-0.2, 0) is 0 Å². The molecule has 2 aromatic rings. The van der Waals surface area contributed by atoms with Crippen molar-refractivity contribution in [3.05, 3.63) is 53.1 Å². The summed E-state index contributed by atoms with van der Waals surface area (Å²) >= 11 is 0. The molecule has 0 aliphatic rings. The minimum atomic E-state index is 0.731. The van der Waals surface area contributed by atoms with Crippen molar-refractivity contribution < 1.29 is 0 Å². The number of allylic oxidation sites excluding steroid dienone is 1. The molecule has 16 heavy (non-hydrogen) atoms. The molecule has 1 heteroatoms. The van der Waals surface area contributed by atoms with Crippen molar-refractivity contribution in [3.63, 3.8) is 0 Å². The highest BCUT2D eigenvalue weighted by molar-refractivity contribution is 5.93. The highest BCUT2D eigenvalue weighted by Crippen LogP contribution is 2.23. The van der Waals surface area contributed by atoms with E-state index in [9.17, 15) is 0 Å². The van der Waals surface area contributed by atoms with Gasteiger partial charge in [-0.3, -0.25) is 0 Å². The highest BCUT2D eigenvalue weighted by Gasteiger charge is 2.00. The zero-order chi connectivity index (χ0) is 11.5. The third-order valence-electron chi connectivity index (χ3n) is 2.72. The van der Waals surface area contributed by atoms with E-state index in [1.807, 2.05) is 25.1 Å². The van der Waals surface area contributed by atoms with E-state index in [1.54, 1.807) is 0 Å². The van der Waals surface area contributed by atoms with Crippen molar-refractivity contribution in [1.82, 2.24) is 0 Å². The van der Waals surface area contributed by atoms with E-state index < -0.39 is 0 Å². The maximum Gasteiger partial charge on any atom is 0.0944 e. The highest BCUT2D eigenvalue weighted by atomic mass is 14.2. The first-order valence-corrected chi connectivity index (χ1v) is 5.29. The molecule has 0 amide bonds. The molecule has 0 unspecified atom stereocenters. The Balaban J connectivity index is 2.74. The lowest BCUT2D eigenvalue weighted by Crippen LogP contribution is -1.83. The Labute approximate surface area is 95.6 Å². The van der Waals surface area contributed by atoms with Gasteiger partial charge in [0.05, 0.1) is 6.07 Å². The number of benzene rings is 2. The quantitative estimate of drug-likeness (QED) is 0.646. The second-order valence-electron chi connectivity index (χ2n) is 3.96. The van der Waals surface area contributed by atoms with Crippen molar-refractivity contribution in [2.75, 3.05) is 0 Å². The Bertz CT molecular complexity index is 600. The third kappa shape index (κ3) is 1.83. The lowest BCUT2D eigenvalue weighted by molar-refractivity contribution is 1.46. The van der Waals surface area contributed by atoms with Gasteiger partial charge in [-0.2, -0.15) is 5.26 Å². The van der Waals surface area contributed by atoms with E-state index in [0.717, 1.165) is 11.1 Å². The van der Waals surface area contributed by atoms with Crippen LogP contribution in [0.1, 0.15) is 18.1 Å². The van der Waals surface area contributed by atoms with Gasteiger partial charge in [0, 0.05) is 5.57 Å². The summed E-state index contributed by atoms with van der Waals surface area (Å²) in [4.78, 5) is 0. The molecule has 1 nitrogen and oxygen atoms in total. The molecule has 0 aliphatic carbocycles. The van der Waals surface area contributed by atoms with Gasteiger partial charge < -0.3 is 0 Å². The first kappa shape index (κ1) is 10.4. The van der Waals surface area contributed by atoms with Crippen molar-refractivity contribution in [3.8, 4) is 6.07 Å². The minimum absolute atomic E-state index is 0.731. The lowest BCUT2D eigenvalue weighted by Gasteiger charge is -2.05. The van der Waals surface area contributed by atoms with Gasteiger partial charge in [-0.25, -0.2) is 0 Å². The van der Waals surface area contributed by atoms with Crippen molar-refractivity contribution in [1.29, 1.82) is 5.26 Å². The molecule has 0 radical (unpaired) electrons. The summed E-state index contributed by atoms with van der Waals surface area (Å²) in [5.74, 6) is 0. The van der Waals surface area contributed by atoms with Gasteiger partial charge in [-0.05, 0) is 41.8 Å². The van der Waals surface area contributed by atoms with E-state index in [0.29, 0.717) is 0 Å². The zero-order valence-corrected chi connectivity index (χ0v) is 9.49. The van der Waals surface area contributed by atoms with Crippen LogP contribution in [0.3, 0.4) is 0 Å². The fraction of sp³-hybridized carbons (Fsp3) is 0.133. The van der Waals surface area contributed by atoms with Crippen molar-refractivity contribution in [2.24, 2.45) is 0 Å². The Morgan fingerprint density at radius 2 is 1.81 bits per heavy atom. The molecule has 0 spiro atoms. The molecule has 0 aliphatic heterocycles. The Kier molecular flexibility index (Phi) is 2.74. The number of aryl methyl sites for hydroxylation is 1. The van der Waals surface area contributed by atoms with Gasteiger partial charge in [0.15, 0.2) is 0 Å². The predicted octanol–water partition coefficient (Wildman–Crippen LogP) is 4.08. The normalized spacial score (nSPS) is 11.4. The summed E-state index contributed by atoms with van der Waals surface area (Å²) in [7, 11) is 0. The summed E-state index contributed by atoms with van der Waals surface area (Å²) in [6.07, 6.45) is 1.93. The number of hydrogen-bond donors (Lipinski definition) is 0. The van der Waals surface area contributed by atoms with E-state index in [2.05, 4.69) is 37.3 Å². The molecule has 0 aromatic heterocycles. The van der Waals surface area contributed by atoms with Gasteiger partial charge >= 0.3 is 0 Å². The smallest absolute Gasteiger partial charge is 0.0944 e. The Hall–Kier alpha value is -2.07. The van der Waals surface area contributed by atoms with E-state index in [4.69, 9.17) is 5.26 Å². The van der Waals surface area contributed by atoms with Crippen LogP contribution < -0.4 is 0 Å². The van der Waals surface area contributed by atoms with E-state index >= 15 is 0 Å². The SMILES string of the molecule is C/C(C#N)=C\c1ccc(C)c2ccccc12. The second kappa shape index (κ2) is 4.20. The van der Waals surface area contributed by atoms with Crippen LogP contribution in [0.5, 0.6) is 0 Å². The molecule has 0 saturated carbocycles. The average Bonchev–Trinajstić information content (AvgIpc) is 2.33. The van der Waals surface area contributed by atoms with Crippen molar-refractivity contribution >= 4 is 16.8 Å². The third-order valence-corrected chi connectivity index (χ3v) is 2.72. The monoisotopic (exact) mass is 207 g/mol. The van der Waals surface area contributed by atoms with Crippen molar-refractivity contribution in [2.45, 2.75) is 13.8 Å². The van der Waals surface area contributed by atoms with Crippen LogP contribution >= 0.6 is 0 Å². The van der Waals surface area contributed by atoms with Gasteiger partial charge in [-0.1, -0.05) is 36.4 Å². The number of hydrogen-bond acceptors (Lipinski definition) is 1. The second-order valence-corrected chi connectivity index (χ2v) is 3.96. The summed E-state index contributed by atoms with van der Waals surface area (Å²) < 4.78 is 0. The number of fused-ring (bicyclic) bond motifs is 1. The maximum absolute atomic E-state index is 8.80. The molecule has 0 bridgehead atoms. The summed E-state index contributed by atoms with van der Waals surface area (Å²) in [5, 5.41) is 11.3. The standard InChI is InChI=1S/C15H13N/c1-11(10-16)9-13-8-7-12(2)14-5-3-4-6-15(13)14/h3-9H,1-2H3/b11-9+. The fourth-order valence-electron chi connectivity index (χ4n) is 1.86. The molecular formula is C15H13N. The Morgan fingerprint density at radius 3 is 2.50 bits per heavy atom. The first-order valence-electron chi connectivity index (χ1n) is 5.29. The molecule has 0 N–H and O–H groups in total. The Morgan fingerprint density at radius 1 is 1.12 bits per heavy atom. The summed E-state index contributed by atoms with van der Waals surface area (Å²) in [5.41, 5.74) is 3.11. The van der Waals surface area contributed by atoms with Crippen LogP contribution in [-0.4, -0.2) is 0 Å². The number of rotatable bonds is 1. The van der Waals surface area contributed by atoms with Gasteiger partial charge in [0.25, 0.3) is 0 Å². The lowest BCUT2D eigenvalue weighted by atomic mass is 9.99. The molecule has 2 rings (SSSR count). The molecule has 2 aromatic carbocycles. The van der Waals surface area contributed by atoms with Gasteiger partial charge in [-0.15, -0.1) is 0 Å². The largest absolute Gasteiger partial charge is 0.193 e. The van der Waals surface area contributed by atoms with E-state index in [1.165, 1.54) is 16.3 Å². The van der Waals surface area contributed by atoms with Crippen LogP contribution in [0.4, 0.5) is 0 Å². The summed E-state index contributed by atoms with van der Waals surface area (Å²) in [6.45, 7) is 3.93. The van der Waals surface area contributed by atoms with Crippen LogP contribution in [0.25, 0.3) is 16.8 Å². The molecular weight excluding hydrogens is 194 g/mol. The molecule has 0 heterocycles. The molecule has 78 valence electrons. The maximum atomic E-state index is 8.80. The average molecular weight is 207 g/mol. The zero-order valence-electron chi connectivity index (χ0n) is 9.49. The number of nitriles is 1. The molecule has 0 saturated heterocycles. The summed E-state index contributed by atoms with van der Waals surface area (Å²) in [6, 6.07) is 14.6. The first-order chi connectivity index (χ1) is 7.72. The molecule has 0 atom stereocenters. The minimum Gasteiger partial charge on any atom is -0.193 e. The topological polar surface area (TPSA) is 23.8 Å². The molecule has 0 fully saturated rings. The number of nitrogens with zero attached hydrogens (tertiary/aromatic N) is 1. The van der Waals surface area contributed by atoms with Gasteiger partial charge in [0.1, 0.15) is 0 Å². The van der Waals surface area contributed by atoms with Crippen LogP contribution in [0, 0.1) is 18.3 Å². The van der Waals surface area contributed by atoms with Crippen LogP contribution in [0.15, 0.2) is 42.0 Å². The predicted molar refractivity (Wildman–Crippen MR) is 67.9 cm³/mol.